The van der Waals surface area contributed by atoms with E-state index in [1.54, 1.807) is 24.6 Å². The Morgan fingerprint density at radius 1 is 1.41 bits per heavy atom. The lowest BCUT2D eigenvalue weighted by molar-refractivity contribution is 0.0521. The van der Waals surface area contributed by atoms with Gasteiger partial charge in [0.1, 0.15) is 5.82 Å². The quantitative estimate of drug-likeness (QED) is 0.787. The van der Waals surface area contributed by atoms with E-state index in [4.69, 9.17) is 4.74 Å². The third-order valence-electron chi connectivity index (χ3n) is 2.14. The summed E-state index contributed by atoms with van der Waals surface area (Å²) in [6.07, 6.45) is 0. The van der Waals surface area contributed by atoms with Crippen LogP contribution in [-0.4, -0.2) is 17.6 Å². The SMILES string of the molecule is CCOC(=O)c1ncsc1-c1ccc(F)cc1. The zero-order valence-corrected chi connectivity index (χ0v) is 9.96. The largest absolute Gasteiger partial charge is 0.461 e. The van der Waals surface area contributed by atoms with Crippen molar-refractivity contribution in [1.82, 2.24) is 4.98 Å². The second-order valence-electron chi connectivity index (χ2n) is 3.26. The zero-order chi connectivity index (χ0) is 12.3. The molecule has 0 radical (unpaired) electrons. The van der Waals surface area contributed by atoms with Crippen molar-refractivity contribution in [2.45, 2.75) is 6.92 Å². The molecule has 2 aromatic rings. The van der Waals surface area contributed by atoms with Gasteiger partial charge in [0.15, 0.2) is 5.69 Å². The van der Waals surface area contributed by atoms with E-state index in [2.05, 4.69) is 4.98 Å². The summed E-state index contributed by atoms with van der Waals surface area (Å²) >= 11 is 1.33. The molecule has 0 spiro atoms. The first-order chi connectivity index (χ1) is 8.22. The first-order valence-corrected chi connectivity index (χ1v) is 5.97. The number of carbonyl (C=O) groups excluding carboxylic acids is 1. The third kappa shape index (κ3) is 2.50. The molecule has 0 bridgehead atoms. The van der Waals surface area contributed by atoms with Crippen LogP contribution in [0.5, 0.6) is 0 Å². The molecular formula is C12H10FNO2S. The van der Waals surface area contributed by atoms with Gasteiger partial charge in [0.25, 0.3) is 0 Å². The van der Waals surface area contributed by atoms with Crippen molar-refractivity contribution in [3.05, 3.63) is 41.3 Å². The molecule has 88 valence electrons. The van der Waals surface area contributed by atoms with Gasteiger partial charge in [0.05, 0.1) is 17.0 Å². The van der Waals surface area contributed by atoms with Crippen molar-refractivity contribution in [1.29, 1.82) is 0 Å². The highest BCUT2D eigenvalue weighted by Gasteiger charge is 2.17. The molecule has 1 aromatic heterocycles. The topological polar surface area (TPSA) is 39.2 Å². The lowest BCUT2D eigenvalue weighted by Crippen LogP contribution is -2.06. The van der Waals surface area contributed by atoms with Gasteiger partial charge in [-0.2, -0.15) is 0 Å². The van der Waals surface area contributed by atoms with Gasteiger partial charge in [-0.15, -0.1) is 11.3 Å². The summed E-state index contributed by atoms with van der Waals surface area (Å²) in [5, 5.41) is 0. The van der Waals surface area contributed by atoms with E-state index in [-0.39, 0.29) is 11.5 Å². The molecule has 1 heterocycles. The van der Waals surface area contributed by atoms with E-state index in [1.807, 2.05) is 0 Å². The Balaban J connectivity index is 2.36. The Hall–Kier alpha value is -1.75. The first kappa shape index (κ1) is 11.7. The number of hydrogen-bond acceptors (Lipinski definition) is 4. The molecule has 0 atom stereocenters. The molecule has 2 rings (SSSR count). The molecule has 0 saturated carbocycles. The average molecular weight is 251 g/mol. The fourth-order valence-corrected chi connectivity index (χ4v) is 2.18. The molecule has 0 saturated heterocycles. The van der Waals surface area contributed by atoms with Crippen molar-refractivity contribution in [3.8, 4) is 10.4 Å². The van der Waals surface area contributed by atoms with Crippen LogP contribution in [0, 0.1) is 5.82 Å². The maximum atomic E-state index is 12.8. The number of aromatic nitrogens is 1. The molecular weight excluding hydrogens is 241 g/mol. The zero-order valence-electron chi connectivity index (χ0n) is 9.14. The van der Waals surface area contributed by atoms with Gasteiger partial charge in [-0.1, -0.05) is 12.1 Å². The summed E-state index contributed by atoms with van der Waals surface area (Å²) in [6, 6.07) is 5.94. The minimum atomic E-state index is -0.451. The molecule has 17 heavy (non-hydrogen) atoms. The number of thiazole rings is 1. The number of halogens is 1. The summed E-state index contributed by atoms with van der Waals surface area (Å²) in [4.78, 5) is 16.3. The summed E-state index contributed by atoms with van der Waals surface area (Å²) in [5.41, 5.74) is 2.62. The molecule has 0 fully saturated rings. The van der Waals surface area contributed by atoms with Gasteiger partial charge in [0.2, 0.25) is 0 Å². The average Bonchev–Trinajstić information content (AvgIpc) is 2.79. The molecule has 0 N–H and O–H groups in total. The maximum absolute atomic E-state index is 12.8. The summed E-state index contributed by atoms with van der Waals surface area (Å²) in [5.74, 6) is -0.760. The van der Waals surface area contributed by atoms with Gasteiger partial charge < -0.3 is 4.74 Å². The Labute approximate surface area is 102 Å². The Kier molecular flexibility index (Phi) is 3.49. The van der Waals surface area contributed by atoms with E-state index >= 15 is 0 Å². The Morgan fingerprint density at radius 3 is 2.76 bits per heavy atom. The number of rotatable bonds is 3. The van der Waals surface area contributed by atoms with Crippen LogP contribution in [0.25, 0.3) is 10.4 Å². The van der Waals surface area contributed by atoms with Crippen LogP contribution >= 0.6 is 11.3 Å². The highest BCUT2D eigenvalue weighted by atomic mass is 32.1. The molecule has 1 aromatic carbocycles. The third-order valence-corrected chi connectivity index (χ3v) is 3.02. The van der Waals surface area contributed by atoms with Crippen molar-refractivity contribution < 1.29 is 13.9 Å². The fourth-order valence-electron chi connectivity index (χ4n) is 1.40. The maximum Gasteiger partial charge on any atom is 0.358 e. The van der Waals surface area contributed by atoms with Crippen LogP contribution in [0.3, 0.4) is 0 Å². The van der Waals surface area contributed by atoms with E-state index in [0.717, 1.165) is 5.56 Å². The van der Waals surface area contributed by atoms with Gasteiger partial charge in [-0.3, -0.25) is 0 Å². The first-order valence-electron chi connectivity index (χ1n) is 5.09. The smallest absolute Gasteiger partial charge is 0.358 e. The highest BCUT2D eigenvalue weighted by Crippen LogP contribution is 2.28. The molecule has 3 nitrogen and oxygen atoms in total. The van der Waals surface area contributed by atoms with E-state index in [0.29, 0.717) is 11.5 Å². The molecule has 5 heteroatoms. The summed E-state index contributed by atoms with van der Waals surface area (Å²) in [6.45, 7) is 2.04. The second-order valence-corrected chi connectivity index (χ2v) is 4.11. The Bertz CT molecular complexity index is 522. The van der Waals surface area contributed by atoms with Crippen LogP contribution in [-0.2, 0) is 4.74 Å². The fraction of sp³-hybridized carbons (Fsp3) is 0.167. The van der Waals surface area contributed by atoms with Gasteiger partial charge in [-0.25, -0.2) is 14.2 Å². The summed E-state index contributed by atoms with van der Waals surface area (Å²) < 4.78 is 17.7. The Morgan fingerprint density at radius 2 is 2.12 bits per heavy atom. The predicted octanol–water partition coefficient (Wildman–Crippen LogP) is 3.13. The second kappa shape index (κ2) is 5.05. The summed E-state index contributed by atoms with van der Waals surface area (Å²) in [7, 11) is 0. The van der Waals surface area contributed by atoms with Crippen LogP contribution in [0.2, 0.25) is 0 Å². The lowest BCUT2D eigenvalue weighted by atomic mass is 10.1. The van der Waals surface area contributed by atoms with Crippen molar-refractivity contribution in [2.24, 2.45) is 0 Å². The normalized spacial score (nSPS) is 10.2. The number of esters is 1. The molecule has 0 amide bonds. The highest BCUT2D eigenvalue weighted by molar-refractivity contribution is 7.13. The van der Waals surface area contributed by atoms with Crippen molar-refractivity contribution >= 4 is 17.3 Å². The number of hydrogen-bond donors (Lipinski definition) is 0. The monoisotopic (exact) mass is 251 g/mol. The standard InChI is InChI=1S/C12H10FNO2S/c1-2-16-12(15)10-11(17-7-14-10)8-3-5-9(13)6-4-8/h3-7H,2H2,1H3. The van der Waals surface area contributed by atoms with Crippen LogP contribution in [0.4, 0.5) is 4.39 Å². The molecule has 0 aliphatic heterocycles. The van der Waals surface area contributed by atoms with Crippen LogP contribution in [0.1, 0.15) is 17.4 Å². The van der Waals surface area contributed by atoms with E-state index in [9.17, 15) is 9.18 Å². The van der Waals surface area contributed by atoms with Crippen molar-refractivity contribution in [2.75, 3.05) is 6.61 Å². The van der Waals surface area contributed by atoms with Gasteiger partial charge in [-0.05, 0) is 24.6 Å². The lowest BCUT2D eigenvalue weighted by Gasteiger charge is -2.02. The molecule has 0 aliphatic carbocycles. The van der Waals surface area contributed by atoms with E-state index < -0.39 is 5.97 Å². The predicted molar refractivity (Wildman–Crippen MR) is 63.5 cm³/mol. The minimum absolute atomic E-state index is 0.281. The minimum Gasteiger partial charge on any atom is -0.461 e. The number of carbonyl (C=O) groups is 1. The van der Waals surface area contributed by atoms with Crippen LogP contribution in [0.15, 0.2) is 29.8 Å². The van der Waals surface area contributed by atoms with E-state index in [1.165, 1.54) is 23.5 Å². The number of benzene rings is 1. The number of nitrogens with zero attached hydrogens (tertiary/aromatic N) is 1. The van der Waals surface area contributed by atoms with Crippen LogP contribution < -0.4 is 0 Å². The molecule has 0 unspecified atom stereocenters. The molecule has 0 aliphatic rings. The van der Waals surface area contributed by atoms with Gasteiger partial charge >= 0.3 is 5.97 Å². The number of ether oxygens (including phenoxy) is 1. The van der Waals surface area contributed by atoms with Crippen molar-refractivity contribution in [3.63, 3.8) is 0 Å². The van der Waals surface area contributed by atoms with Gasteiger partial charge in [0, 0.05) is 0 Å².